The van der Waals surface area contributed by atoms with Gasteiger partial charge in [-0.2, -0.15) is 9.05 Å². The van der Waals surface area contributed by atoms with Gasteiger partial charge in [-0.1, -0.05) is 0 Å². The van der Waals surface area contributed by atoms with Gasteiger partial charge < -0.3 is 20.1 Å². The van der Waals surface area contributed by atoms with Gasteiger partial charge in [-0.25, -0.2) is 13.2 Å². The fourth-order valence-electron chi connectivity index (χ4n) is 3.30. The summed E-state index contributed by atoms with van der Waals surface area (Å²) in [6.45, 7) is 1.11. The third-order valence-corrected chi connectivity index (χ3v) is 11.2. The molecular formula is C17H26N3O10PS2. The number of hydrogen-bond acceptors (Lipinski definition) is 11. The van der Waals surface area contributed by atoms with Crippen molar-refractivity contribution in [3.63, 3.8) is 0 Å². The standard InChI is InChI=1S/C17H26N3O10PS2/c1-10-6-20(17(24)19-16(10)23)15-5-12(21)13(30-15)8-29-31(25)28-7-11(32-31)9-33(26,27)4-3-14(22)18-2/h6,11-13,15,21H,3-5,7-9H2,1-2H3,(H,18,22)(H,19,23,24)/t11?,12-,13+,15+,31?/m0/s1. The number of aryl methyl sites for hydroxylation is 1. The number of amides is 1. The first-order valence-corrected chi connectivity index (χ1v) is 14.9. The summed E-state index contributed by atoms with van der Waals surface area (Å²) in [4.78, 5) is 49.8. The number of ether oxygens (including phenoxy) is 1. The Balaban J connectivity index is 1.53. The molecule has 2 aliphatic rings. The molecule has 0 bridgehead atoms. The SMILES string of the molecule is CNC(=O)CCS(=O)(=O)CC1CO[P+]([O-])(OC[C@H]2O[C@@H](n3cc(C)c(=O)[nH]c3=O)C[C@@H]2O)S1. The Morgan fingerprint density at radius 1 is 1.48 bits per heavy atom. The summed E-state index contributed by atoms with van der Waals surface area (Å²) in [5.41, 5.74) is -0.912. The van der Waals surface area contributed by atoms with Crippen LogP contribution in [0.2, 0.25) is 0 Å². The van der Waals surface area contributed by atoms with E-state index in [1.807, 2.05) is 0 Å². The number of hydrogen-bond donors (Lipinski definition) is 3. The normalized spacial score (nSPS) is 29.9. The summed E-state index contributed by atoms with van der Waals surface area (Å²) in [5, 5.41) is 12.0. The number of aromatic nitrogens is 2. The van der Waals surface area contributed by atoms with Crippen LogP contribution in [0.25, 0.3) is 0 Å². The lowest BCUT2D eigenvalue weighted by Gasteiger charge is -2.22. The number of aliphatic hydroxyl groups excluding tert-OH is 1. The number of carbonyl (C=O) groups is 1. The minimum absolute atomic E-state index is 0.0456. The highest BCUT2D eigenvalue weighted by Gasteiger charge is 2.47. The maximum Gasteiger partial charge on any atom is 0.330 e. The molecule has 1 aromatic heterocycles. The zero-order valence-corrected chi connectivity index (χ0v) is 20.5. The van der Waals surface area contributed by atoms with E-state index < -0.39 is 57.8 Å². The van der Waals surface area contributed by atoms with E-state index in [1.54, 1.807) is 0 Å². The lowest BCUT2D eigenvalue weighted by molar-refractivity contribution is -0.210. The lowest BCUT2D eigenvalue weighted by Crippen LogP contribution is -2.33. The zero-order chi connectivity index (χ0) is 24.4. The monoisotopic (exact) mass is 527 g/mol. The quantitative estimate of drug-likeness (QED) is 0.308. The Kier molecular flexibility index (Phi) is 8.38. The third kappa shape index (κ3) is 6.85. The van der Waals surface area contributed by atoms with Crippen LogP contribution >= 0.6 is 18.5 Å². The van der Waals surface area contributed by atoms with E-state index in [9.17, 15) is 32.8 Å². The first-order valence-electron chi connectivity index (χ1n) is 10.1. The highest BCUT2D eigenvalue weighted by atomic mass is 32.7. The van der Waals surface area contributed by atoms with Crippen molar-refractivity contribution in [1.82, 2.24) is 14.9 Å². The Hall–Kier alpha value is -1.32. The third-order valence-electron chi connectivity index (χ3n) is 5.11. The Labute approximate surface area is 194 Å². The molecule has 2 unspecified atom stereocenters. The van der Waals surface area contributed by atoms with Crippen LogP contribution in [0.15, 0.2) is 15.8 Å². The van der Waals surface area contributed by atoms with Crippen LogP contribution in [-0.2, 0) is 28.4 Å². The number of sulfone groups is 1. The van der Waals surface area contributed by atoms with Gasteiger partial charge in [0, 0.05) is 31.6 Å². The first-order chi connectivity index (χ1) is 15.4. The number of rotatable bonds is 9. The minimum Gasteiger partial charge on any atom is -0.622 e. The fourth-order valence-corrected chi connectivity index (χ4v) is 9.53. The molecule has 13 nitrogen and oxygen atoms in total. The van der Waals surface area contributed by atoms with Gasteiger partial charge in [-0.05, 0) is 6.92 Å². The molecular weight excluding hydrogens is 501 g/mol. The van der Waals surface area contributed by atoms with Crippen molar-refractivity contribution in [3.8, 4) is 0 Å². The molecule has 0 aliphatic carbocycles. The fraction of sp³-hybridized carbons (Fsp3) is 0.706. The van der Waals surface area contributed by atoms with Crippen molar-refractivity contribution in [2.45, 2.75) is 43.5 Å². The molecule has 2 saturated heterocycles. The summed E-state index contributed by atoms with van der Waals surface area (Å²) >= 11 is 0.767. The second kappa shape index (κ2) is 10.5. The first kappa shape index (κ1) is 26.3. The van der Waals surface area contributed by atoms with E-state index in [-0.39, 0.29) is 37.6 Å². The second-order valence-corrected chi connectivity index (χ2v) is 14.2. The van der Waals surface area contributed by atoms with Crippen LogP contribution in [0.1, 0.15) is 24.6 Å². The maximum atomic E-state index is 12.8. The molecule has 0 aromatic carbocycles. The number of nitrogens with one attached hydrogen (secondary N) is 2. The Bertz CT molecular complexity index is 1090. The molecule has 3 N–H and O–H groups in total. The van der Waals surface area contributed by atoms with Gasteiger partial charge in [0.15, 0.2) is 9.84 Å². The largest absolute Gasteiger partial charge is 0.622 e. The number of nitrogens with zero attached hydrogens (tertiary/aromatic N) is 1. The molecule has 3 rings (SSSR count). The Morgan fingerprint density at radius 3 is 2.91 bits per heavy atom. The number of aromatic amines is 1. The maximum absolute atomic E-state index is 12.8. The van der Waals surface area contributed by atoms with Crippen LogP contribution in [0.3, 0.4) is 0 Å². The van der Waals surface area contributed by atoms with Crippen LogP contribution < -0.4 is 21.5 Å². The minimum atomic E-state index is -3.68. The smallest absolute Gasteiger partial charge is 0.330 e. The van der Waals surface area contributed by atoms with Crippen molar-refractivity contribution in [2.75, 3.05) is 31.8 Å². The van der Waals surface area contributed by atoms with Gasteiger partial charge in [-0.3, -0.25) is 19.1 Å². The van der Waals surface area contributed by atoms with Crippen molar-refractivity contribution >= 4 is 34.3 Å². The van der Waals surface area contributed by atoms with Gasteiger partial charge in [-0.15, -0.1) is 0 Å². The van der Waals surface area contributed by atoms with Crippen LogP contribution in [0.5, 0.6) is 0 Å². The molecule has 186 valence electrons. The predicted molar refractivity (Wildman–Crippen MR) is 118 cm³/mol. The molecule has 0 radical (unpaired) electrons. The summed E-state index contributed by atoms with van der Waals surface area (Å²) in [6.07, 6.45) is -1.60. The summed E-state index contributed by atoms with van der Waals surface area (Å²) in [7, 11) is -5.84. The van der Waals surface area contributed by atoms with E-state index in [4.69, 9.17) is 13.8 Å². The average molecular weight is 528 g/mol. The zero-order valence-electron chi connectivity index (χ0n) is 18.0. The van der Waals surface area contributed by atoms with Gasteiger partial charge in [0.25, 0.3) is 12.7 Å². The van der Waals surface area contributed by atoms with Gasteiger partial charge in [0.05, 0.1) is 34.2 Å². The summed E-state index contributed by atoms with van der Waals surface area (Å²) < 4.78 is 41.8. The Morgan fingerprint density at radius 2 is 2.21 bits per heavy atom. The van der Waals surface area contributed by atoms with E-state index >= 15 is 0 Å². The van der Waals surface area contributed by atoms with E-state index in [0.29, 0.717) is 5.56 Å². The molecule has 2 fully saturated rings. The molecule has 1 aromatic rings. The summed E-state index contributed by atoms with van der Waals surface area (Å²) in [5.74, 6) is -1.04. The lowest BCUT2D eigenvalue weighted by atomic mass is 10.2. The van der Waals surface area contributed by atoms with E-state index in [0.717, 1.165) is 15.9 Å². The van der Waals surface area contributed by atoms with Gasteiger partial charge >= 0.3 is 5.69 Å². The number of H-pyrrole nitrogens is 1. The van der Waals surface area contributed by atoms with Gasteiger partial charge in [0.2, 0.25) is 5.91 Å². The van der Waals surface area contributed by atoms with Gasteiger partial charge in [0.1, 0.15) is 25.5 Å². The van der Waals surface area contributed by atoms with Crippen LogP contribution in [0.4, 0.5) is 0 Å². The molecule has 33 heavy (non-hydrogen) atoms. The van der Waals surface area contributed by atoms with E-state index in [2.05, 4.69) is 10.3 Å². The molecule has 1 amide bonds. The average Bonchev–Trinajstić information content (AvgIpc) is 3.29. The summed E-state index contributed by atoms with van der Waals surface area (Å²) in [6, 6.07) is 0. The molecule has 5 atom stereocenters. The molecule has 2 aliphatic heterocycles. The molecule has 3 heterocycles. The van der Waals surface area contributed by atoms with Crippen molar-refractivity contribution in [1.29, 1.82) is 0 Å². The highest BCUT2D eigenvalue weighted by Crippen LogP contribution is 2.70. The molecule has 0 spiro atoms. The molecule has 16 heteroatoms. The van der Waals surface area contributed by atoms with E-state index in [1.165, 1.54) is 20.2 Å². The number of carbonyl (C=O) groups excluding carboxylic acids is 1. The predicted octanol–water partition coefficient (Wildman–Crippen LogP) is -1.77. The van der Waals surface area contributed by atoms with Crippen molar-refractivity contribution in [2.24, 2.45) is 0 Å². The highest BCUT2D eigenvalue weighted by molar-refractivity contribution is 8.57. The van der Waals surface area contributed by atoms with Crippen molar-refractivity contribution < 1.29 is 37.0 Å². The molecule has 0 saturated carbocycles. The van der Waals surface area contributed by atoms with Crippen LogP contribution in [0, 0.1) is 6.92 Å². The second-order valence-electron chi connectivity index (χ2n) is 7.71. The van der Waals surface area contributed by atoms with Crippen molar-refractivity contribution in [3.05, 3.63) is 32.6 Å². The number of aliphatic hydroxyl groups is 1. The topological polar surface area (TPSA) is 189 Å². The van der Waals surface area contributed by atoms with Crippen LogP contribution in [-0.4, -0.2) is 78.2 Å².